The quantitative estimate of drug-likeness (QED) is 0.516. The molecule has 3 aromatic rings. The average molecular weight is 376 g/mol. The molecule has 0 aliphatic heterocycles. The lowest BCUT2D eigenvalue weighted by molar-refractivity contribution is 0.102. The largest absolute Gasteiger partial charge is 0.451 e. The molecule has 0 bridgehead atoms. The van der Waals surface area contributed by atoms with Crippen molar-refractivity contribution in [2.24, 2.45) is 0 Å². The molecule has 1 aromatic heterocycles. The van der Waals surface area contributed by atoms with E-state index >= 15 is 0 Å². The zero-order valence-electron chi connectivity index (χ0n) is 13.9. The number of aromatic nitrogens is 1. The van der Waals surface area contributed by atoms with E-state index in [2.05, 4.69) is 10.3 Å². The molecular formula is C19H12F4N2O2. The van der Waals surface area contributed by atoms with E-state index in [0.717, 1.165) is 5.56 Å². The summed E-state index contributed by atoms with van der Waals surface area (Å²) in [5, 5.41) is 2.64. The van der Waals surface area contributed by atoms with Gasteiger partial charge in [0.25, 0.3) is 17.8 Å². The molecule has 0 aliphatic carbocycles. The number of halogens is 4. The molecule has 27 heavy (non-hydrogen) atoms. The molecule has 4 nitrogen and oxygen atoms in total. The van der Waals surface area contributed by atoms with Crippen molar-refractivity contribution < 1.29 is 27.1 Å². The van der Waals surface area contributed by atoms with Gasteiger partial charge in [-0.3, -0.25) is 4.79 Å². The number of pyridine rings is 1. The summed E-state index contributed by atoms with van der Waals surface area (Å²) >= 11 is 0. The number of hydrogen-bond donors (Lipinski definition) is 1. The first-order valence-corrected chi connectivity index (χ1v) is 7.71. The van der Waals surface area contributed by atoms with Gasteiger partial charge in [0.1, 0.15) is 5.75 Å². The van der Waals surface area contributed by atoms with Crippen LogP contribution in [0, 0.1) is 30.5 Å². The maximum atomic E-state index is 13.7. The monoisotopic (exact) mass is 376 g/mol. The third-order valence-corrected chi connectivity index (χ3v) is 3.58. The maximum absolute atomic E-state index is 13.7. The van der Waals surface area contributed by atoms with Gasteiger partial charge in [-0.05, 0) is 37.3 Å². The van der Waals surface area contributed by atoms with E-state index in [0.29, 0.717) is 5.69 Å². The Kier molecular flexibility index (Phi) is 5.07. The summed E-state index contributed by atoms with van der Waals surface area (Å²) < 4.78 is 58.6. The lowest BCUT2D eigenvalue weighted by Gasteiger charge is -2.10. The highest BCUT2D eigenvalue weighted by atomic mass is 19.2. The summed E-state index contributed by atoms with van der Waals surface area (Å²) in [6.45, 7) is 1.90. The van der Waals surface area contributed by atoms with E-state index in [4.69, 9.17) is 4.74 Å². The van der Waals surface area contributed by atoms with Gasteiger partial charge in [-0.2, -0.15) is 22.5 Å². The highest BCUT2D eigenvalue weighted by molar-refractivity contribution is 6.04. The predicted molar refractivity (Wildman–Crippen MR) is 89.7 cm³/mol. The van der Waals surface area contributed by atoms with E-state index in [1.807, 2.05) is 19.1 Å². The van der Waals surface area contributed by atoms with Crippen molar-refractivity contribution in [3.63, 3.8) is 0 Å². The molecule has 1 heterocycles. The second kappa shape index (κ2) is 7.45. The molecule has 0 saturated heterocycles. The first-order chi connectivity index (χ1) is 12.8. The molecule has 0 aliphatic rings. The number of anilines is 1. The fraction of sp³-hybridized carbons (Fsp3) is 0.0526. The number of amides is 1. The van der Waals surface area contributed by atoms with Crippen LogP contribution in [0.5, 0.6) is 11.5 Å². The Hall–Kier alpha value is -3.42. The molecule has 0 fully saturated rings. The fourth-order valence-corrected chi connectivity index (χ4v) is 2.22. The number of ether oxygens (including phenoxy) is 1. The highest BCUT2D eigenvalue weighted by Crippen LogP contribution is 2.30. The topological polar surface area (TPSA) is 51.2 Å². The van der Waals surface area contributed by atoms with Gasteiger partial charge in [0.05, 0.1) is 0 Å². The van der Waals surface area contributed by atoms with Crippen LogP contribution in [-0.4, -0.2) is 10.9 Å². The molecule has 1 N–H and O–H groups in total. The SMILES string of the molecule is Cc1ccc(NC(=O)c2cccc(Oc3c(F)c(F)nc(F)c3F)c2)cc1. The molecule has 1 amide bonds. The van der Waals surface area contributed by atoms with E-state index in [1.165, 1.54) is 24.3 Å². The van der Waals surface area contributed by atoms with Crippen LogP contribution < -0.4 is 10.1 Å². The Bertz CT molecular complexity index is 981. The van der Waals surface area contributed by atoms with Crippen LogP contribution in [0.2, 0.25) is 0 Å². The molecule has 0 saturated carbocycles. The third kappa shape index (κ3) is 4.05. The Labute approximate surface area is 151 Å². The summed E-state index contributed by atoms with van der Waals surface area (Å²) in [6.07, 6.45) is 0. The van der Waals surface area contributed by atoms with Gasteiger partial charge < -0.3 is 10.1 Å². The standard InChI is InChI=1S/C19H12F4N2O2/c1-10-5-7-12(8-6-10)24-19(26)11-3-2-4-13(9-11)27-16-14(20)17(22)25-18(23)15(16)21/h2-9H,1H3,(H,24,26). The molecule has 138 valence electrons. The van der Waals surface area contributed by atoms with Gasteiger partial charge in [0.2, 0.25) is 17.4 Å². The Morgan fingerprint density at radius 2 is 1.59 bits per heavy atom. The third-order valence-electron chi connectivity index (χ3n) is 3.58. The van der Waals surface area contributed by atoms with Crippen molar-refractivity contribution in [2.45, 2.75) is 6.92 Å². The van der Waals surface area contributed by atoms with Crippen molar-refractivity contribution >= 4 is 11.6 Å². The van der Waals surface area contributed by atoms with Crippen molar-refractivity contribution in [1.82, 2.24) is 4.98 Å². The normalized spacial score (nSPS) is 10.6. The summed E-state index contributed by atoms with van der Waals surface area (Å²) in [4.78, 5) is 14.7. The van der Waals surface area contributed by atoms with Gasteiger partial charge in [-0.15, -0.1) is 0 Å². The Morgan fingerprint density at radius 3 is 2.22 bits per heavy atom. The van der Waals surface area contributed by atoms with E-state index in [-0.39, 0.29) is 11.3 Å². The number of carbonyl (C=O) groups excluding carboxylic acids is 1. The first-order valence-electron chi connectivity index (χ1n) is 7.71. The molecule has 0 atom stereocenters. The molecule has 0 radical (unpaired) electrons. The molecule has 0 unspecified atom stereocenters. The highest BCUT2D eigenvalue weighted by Gasteiger charge is 2.23. The lowest BCUT2D eigenvalue weighted by Crippen LogP contribution is -2.12. The second-order valence-electron chi connectivity index (χ2n) is 5.60. The minimum Gasteiger partial charge on any atom is -0.451 e. The number of nitrogens with zero attached hydrogens (tertiary/aromatic N) is 1. The van der Waals surface area contributed by atoms with Crippen molar-refractivity contribution in [1.29, 1.82) is 0 Å². The number of rotatable bonds is 4. The van der Waals surface area contributed by atoms with Gasteiger partial charge in [-0.25, -0.2) is 0 Å². The maximum Gasteiger partial charge on any atom is 0.255 e. The molecule has 8 heteroatoms. The zero-order valence-corrected chi connectivity index (χ0v) is 13.9. The number of nitrogens with one attached hydrogen (secondary N) is 1. The lowest BCUT2D eigenvalue weighted by atomic mass is 10.2. The van der Waals surface area contributed by atoms with E-state index in [1.54, 1.807) is 12.1 Å². The van der Waals surface area contributed by atoms with Crippen molar-refractivity contribution in [3.8, 4) is 11.5 Å². The molecule has 3 rings (SSSR count). The summed E-state index contributed by atoms with van der Waals surface area (Å²) in [7, 11) is 0. The van der Waals surface area contributed by atoms with Gasteiger partial charge in [0, 0.05) is 11.3 Å². The molecule has 0 spiro atoms. The minimum absolute atomic E-state index is 0.115. The van der Waals surface area contributed by atoms with Crippen LogP contribution >= 0.6 is 0 Å². The second-order valence-corrected chi connectivity index (χ2v) is 5.60. The molecule has 2 aromatic carbocycles. The fourth-order valence-electron chi connectivity index (χ4n) is 2.22. The van der Waals surface area contributed by atoms with Crippen LogP contribution in [0.25, 0.3) is 0 Å². The molecular weight excluding hydrogens is 364 g/mol. The Morgan fingerprint density at radius 1 is 0.963 bits per heavy atom. The zero-order chi connectivity index (χ0) is 19.6. The number of aryl methyl sites for hydroxylation is 1. The van der Waals surface area contributed by atoms with E-state index in [9.17, 15) is 22.4 Å². The van der Waals surface area contributed by atoms with Gasteiger partial charge in [-0.1, -0.05) is 23.8 Å². The number of carbonyl (C=O) groups is 1. The van der Waals surface area contributed by atoms with Crippen LogP contribution in [0.1, 0.15) is 15.9 Å². The van der Waals surface area contributed by atoms with E-state index < -0.39 is 35.2 Å². The summed E-state index contributed by atoms with van der Waals surface area (Å²) in [6, 6.07) is 12.3. The predicted octanol–water partition coefficient (Wildman–Crippen LogP) is 4.99. The first kappa shape index (κ1) is 18.4. The van der Waals surface area contributed by atoms with Gasteiger partial charge >= 0.3 is 0 Å². The van der Waals surface area contributed by atoms with Gasteiger partial charge in [0.15, 0.2) is 0 Å². The van der Waals surface area contributed by atoms with Crippen LogP contribution in [0.3, 0.4) is 0 Å². The minimum atomic E-state index is -1.84. The van der Waals surface area contributed by atoms with Crippen molar-refractivity contribution in [3.05, 3.63) is 83.2 Å². The number of hydrogen-bond acceptors (Lipinski definition) is 3. The smallest absolute Gasteiger partial charge is 0.255 e. The van der Waals surface area contributed by atoms with Crippen LogP contribution in [0.15, 0.2) is 48.5 Å². The average Bonchev–Trinajstić information content (AvgIpc) is 2.65. The van der Waals surface area contributed by atoms with Crippen molar-refractivity contribution in [2.75, 3.05) is 5.32 Å². The summed E-state index contributed by atoms with van der Waals surface area (Å²) in [5.74, 6) is -9.19. The number of benzene rings is 2. The Balaban J connectivity index is 1.84. The van der Waals surface area contributed by atoms with Crippen LogP contribution in [0.4, 0.5) is 23.2 Å². The summed E-state index contributed by atoms with van der Waals surface area (Å²) in [5.41, 5.74) is 1.68. The van der Waals surface area contributed by atoms with Crippen LogP contribution in [-0.2, 0) is 0 Å².